The first-order valence-electron chi connectivity index (χ1n) is 5.34. The fourth-order valence-corrected chi connectivity index (χ4v) is 1.53. The van der Waals surface area contributed by atoms with Crippen molar-refractivity contribution in [1.29, 1.82) is 0 Å². The molecule has 2 aromatic rings. The number of hydrogen-bond acceptors (Lipinski definition) is 2. The van der Waals surface area contributed by atoms with Crippen LogP contribution in [0.5, 0.6) is 5.75 Å². The first-order valence-corrected chi connectivity index (χ1v) is 5.34. The van der Waals surface area contributed by atoms with Gasteiger partial charge in [-0.3, -0.25) is 0 Å². The van der Waals surface area contributed by atoms with Gasteiger partial charge >= 0.3 is 0 Å². The Hall–Kier alpha value is -1.80. The molecule has 0 aliphatic heterocycles. The SMILES string of the molecule is NCc1cccc(COc2ccccc2)c1. The molecule has 82 valence electrons. The lowest BCUT2D eigenvalue weighted by Gasteiger charge is -2.06. The maximum atomic E-state index is 5.65. The number of ether oxygens (including phenoxy) is 1. The van der Waals surface area contributed by atoms with E-state index < -0.39 is 0 Å². The summed E-state index contributed by atoms with van der Waals surface area (Å²) in [5.41, 5.74) is 7.86. The summed E-state index contributed by atoms with van der Waals surface area (Å²) in [5, 5.41) is 0. The van der Waals surface area contributed by atoms with Crippen molar-refractivity contribution in [2.24, 2.45) is 5.73 Å². The first-order chi connectivity index (χ1) is 7.88. The van der Waals surface area contributed by atoms with Gasteiger partial charge in [0.1, 0.15) is 12.4 Å². The summed E-state index contributed by atoms with van der Waals surface area (Å²) in [7, 11) is 0. The topological polar surface area (TPSA) is 35.2 Å². The van der Waals surface area contributed by atoms with E-state index in [-0.39, 0.29) is 0 Å². The van der Waals surface area contributed by atoms with Crippen LogP contribution in [-0.4, -0.2) is 0 Å². The lowest BCUT2D eigenvalue weighted by molar-refractivity contribution is 0.306. The van der Waals surface area contributed by atoms with E-state index >= 15 is 0 Å². The lowest BCUT2D eigenvalue weighted by atomic mass is 10.1. The average Bonchev–Trinajstić information content (AvgIpc) is 2.38. The molecule has 0 spiro atoms. The third-order valence-electron chi connectivity index (χ3n) is 2.38. The number of hydrogen-bond donors (Lipinski definition) is 1. The Kier molecular flexibility index (Phi) is 3.57. The normalized spacial score (nSPS) is 10.1. The van der Waals surface area contributed by atoms with Crippen LogP contribution in [0, 0.1) is 0 Å². The molecule has 0 bridgehead atoms. The van der Waals surface area contributed by atoms with Crippen molar-refractivity contribution in [2.75, 3.05) is 0 Å². The molecule has 0 aliphatic carbocycles. The van der Waals surface area contributed by atoms with Crippen LogP contribution in [-0.2, 0) is 13.2 Å². The van der Waals surface area contributed by atoms with Crippen molar-refractivity contribution in [3.05, 3.63) is 65.7 Å². The summed E-state index contributed by atoms with van der Waals surface area (Å²) in [4.78, 5) is 0. The number of para-hydroxylation sites is 1. The van der Waals surface area contributed by atoms with Crippen LogP contribution in [0.2, 0.25) is 0 Å². The molecule has 0 saturated heterocycles. The highest BCUT2D eigenvalue weighted by molar-refractivity contribution is 5.25. The van der Waals surface area contributed by atoms with Gasteiger partial charge in [-0.2, -0.15) is 0 Å². The zero-order valence-corrected chi connectivity index (χ0v) is 9.10. The predicted molar refractivity (Wildman–Crippen MR) is 65.1 cm³/mol. The Balaban J connectivity index is 1.99. The van der Waals surface area contributed by atoms with Gasteiger partial charge < -0.3 is 10.5 Å². The molecule has 2 nitrogen and oxygen atoms in total. The highest BCUT2D eigenvalue weighted by Gasteiger charge is 1.96. The van der Waals surface area contributed by atoms with Crippen LogP contribution in [0.15, 0.2) is 54.6 Å². The molecule has 2 N–H and O–H groups in total. The Morgan fingerprint density at radius 1 is 0.875 bits per heavy atom. The van der Waals surface area contributed by atoms with Crippen molar-refractivity contribution in [1.82, 2.24) is 0 Å². The Morgan fingerprint density at radius 3 is 2.38 bits per heavy atom. The van der Waals surface area contributed by atoms with Crippen LogP contribution in [0.25, 0.3) is 0 Å². The van der Waals surface area contributed by atoms with E-state index in [0.717, 1.165) is 16.9 Å². The highest BCUT2D eigenvalue weighted by atomic mass is 16.5. The van der Waals surface area contributed by atoms with Gasteiger partial charge in [-0.25, -0.2) is 0 Å². The first kappa shape index (κ1) is 10.7. The van der Waals surface area contributed by atoms with Crippen molar-refractivity contribution >= 4 is 0 Å². The fraction of sp³-hybridized carbons (Fsp3) is 0.143. The maximum absolute atomic E-state index is 5.65. The third kappa shape index (κ3) is 2.84. The molecule has 0 amide bonds. The summed E-state index contributed by atoms with van der Waals surface area (Å²) in [6.45, 7) is 1.15. The van der Waals surface area contributed by atoms with Crippen molar-refractivity contribution in [2.45, 2.75) is 13.2 Å². The van der Waals surface area contributed by atoms with E-state index in [1.165, 1.54) is 0 Å². The third-order valence-corrected chi connectivity index (χ3v) is 2.38. The smallest absolute Gasteiger partial charge is 0.119 e. The van der Waals surface area contributed by atoms with E-state index in [0.29, 0.717) is 13.2 Å². The molecule has 0 heterocycles. The molecule has 0 fully saturated rings. The number of nitrogens with two attached hydrogens (primary N) is 1. The van der Waals surface area contributed by atoms with Gasteiger partial charge in [0.15, 0.2) is 0 Å². The second kappa shape index (κ2) is 5.33. The molecular weight excluding hydrogens is 198 g/mol. The van der Waals surface area contributed by atoms with Gasteiger partial charge in [0.05, 0.1) is 0 Å². The average molecular weight is 213 g/mol. The van der Waals surface area contributed by atoms with Gasteiger partial charge in [0.2, 0.25) is 0 Å². The molecule has 0 radical (unpaired) electrons. The maximum Gasteiger partial charge on any atom is 0.119 e. The monoisotopic (exact) mass is 213 g/mol. The van der Waals surface area contributed by atoms with Gasteiger partial charge in [-0.1, -0.05) is 42.5 Å². The summed E-state index contributed by atoms with van der Waals surface area (Å²) in [6, 6.07) is 17.9. The Morgan fingerprint density at radius 2 is 1.62 bits per heavy atom. The zero-order chi connectivity index (χ0) is 11.2. The zero-order valence-electron chi connectivity index (χ0n) is 9.10. The largest absolute Gasteiger partial charge is 0.489 e. The van der Waals surface area contributed by atoms with Crippen LogP contribution in [0.4, 0.5) is 0 Å². The Bertz CT molecular complexity index is 439. The van der Waals surface area contributed by atoms with Gasteiger partial charge in [-0.15, -0.1) is 0 Å². The Labute approximate surface area is 95.7 Å². The molecule has 0 aliphatic rings. The van der Waals surface area contributed by atoms with E-state index in [1.54, 1.807) is 0 Å². The minimum Gasteiger partial charge on any atom is -0.489 e. The van der Waals surface area contributed by atoms with Crippen LogP contribution < -0.4 is 10.5 Å². The van der Waals surface area contributed by atoms with Crippen molar-refractivity contribution in [3.63, 3.8) is 0 Å². The van der Waals surface area contributed by atoms with Gasteiger partial charge in [-0.05, 0) is 23.3 Å². The van der Waals surface area contributed by atoms with Crippen molar-refractivity contribution in [3.8, 4) is 5.75 Å². The predicted octanol–water partition coefficient (Wildman–Crippen LogP) is 2.72. The minimum atomic E-state index is 0.569. The van der Waals surface area contributed by atoms with E-state index in [1.807, 2.05) is 48.5 Å². The van der Waals surface area contributed by atoms with E-state index in [4.69, 9.17) is 10.5 Å². The van der Waals surface area contributed by atoms with Gasteiger partial charge in [0, 0.05) is 6.54 Å². The van der Waals surface area contributed by atoms with E-state index in [2.05, 4.69) is 6.07 Å². The number of benzene rings is 2. The molecule has 2 heteroatoms. The second-order valence-electron chi connectivity index (χ2n) is 3.63. The standard InChI is InChI=1S/C14H15NO/c15-10-12-5-4-6-13(9-12)11-16-14-7-2-1-3-8-14/h1-9H,10-11,15H2. The molecule has 2 aromatic carbocycles. The molecule has 0 unspecified atom stereocenters. The molecule has 0 aromatic heterocycles. The lowest BCUT2D eigenvalue weighted by Crippen LogP contribution is -1.99. The highest BCUT2D eigenvalue weighted by Crippen LogP contribution is 2.12. The molecular formula is C14H15NO. The summed E-state index contributed by atoms with van der Waals surface area (Å²) < 4.78 is 5.65. The van der Waals surface area contributed by atoms with E-state index in [9.17, 15) is 0 Å². The summed E-state index contributed by atoms with van der Waals surface area (Å²) in [5.74, 6) is 0.889. The molecule has 2 rings (SSSR count). The second-order valence-corrected chi connectivity index (χ2v) is 3.63. The molecule has 0 saturated carbocycles. The van der Waals surface area contributed by atoms with Gasteiger partial charge in [0.25, 0.3) is 0 Å². The number of rotatable bonds is 4. The summed E-state index contributed by atoms with van der Waals surface area (Å²) in [6.07, 6.45) is 0. The minimum absolute atomic E-state index is 0.569. The molecule has 16 heavy (non-hydrogen) atoms. The van der Waals surface area contributed by atoms with Crippen LogP contribution in [0.3, 0.4) is 0 Å². The fourth-order valence-electron chi connectivity index (χ4n) is 1.53. The van der Waals surface area contributed by atoms with Crippen molar-refractivity contribution < 1.29 is 4.74 Å². The van der Waals surface area contributed by atoms with Crippen LogP contribution in [0.1, 0.15) is 11.1 Å². The summed E-state index contributed by atoms with van der Waals surface area (Å²) >= 11 is 0. The quantitative estimate of drug-likeness (QED) is 0.847. The van der Waals surface area contributed by atoms with Crippen LogP contribution >= 0.6 is 0 Å². The molecule has 0 atom stereocenters.